The molecular formula is C6H5N2O2. The van der Waals surface area contributed by atoms with Gasteiger partial charge in [-0.15, -0.1) is 0 Å². The smallest absolute Gasteiger partial charge is 0.205 e. The maximum atomic E-state index is 4.77. The first-order valence-electron chi connectivity index (χ1n) is 2.99. The van der Waals surface area contributed by atoms with Crippen molar-refractivity contribution < 1.29 is 9.36 Å². The molecular weight excluding hydrogens is 132 g/mol. The highest BCUT2D eigenvalue weighted by molar-refractivity contribution is 5.98. The summed E-state index contributed by atoms with van der Waals surface area (Å²) in [5.41, 5.74) is 1.56. The van der Waals surface area contributed by atoms with E-state index in [0.717, 1.165) is 17.8 Å². The molecule has 0 amide bonds. The fourth-order valence-electron chi connectivity index (χ4n) is 0.806. The van der Waals surface area contributed by atoms with E-state index in [2.05, 4.69) is 21.1 Å². The summed E-state index contributed by atoms with van der Waals surface area (Å²) in [5, 5.41) is 7.41. The average molecular weight is 137 g/mol. The third kappa shape index (κ3) is 0.775. The van der Waals surface area contributed by atoms with E-state index in [0.29, 0.717) is 6.61 Å². The van der Waals surface area contributed by atoms with E-state index in [1.807, 2.05) is 0 Å². The van der Waals surface area contributed by atoms with E-state index in [1.54, 1.807) is 6.07 Å². The molecule has 0 fully saturated rings. The average Bonchev–Trinajstić information content (AvgIpc) is 2.59. The zero-order valence-corrected chi connectivity index (χ0v) is 5.20. The second-order valence-corrected chi connectivity index (χ2v) is 1.95. The summed E-state index contributed by atoms with van der Waals surface area (Å²) in [6.07, 6.45) is 3.29. The Morgan fingerprint density at radius 2 is 2.60 bits per heavy atom. The zero-order chi connectivity index (χ0) is 6.81. The molecule has 0 spiro atoms. The lowest BCUT2D eigenvalue weighted by Gasteiger charge is -1.83. The molecule has 0 saturated heterocycles. The molecule has 0 atom stereocenters. The Morgan fingerprint density at radius 3 is 3.20 bits per heavy atom. The molecule has 4 heteroatoms. The van der Waals surface area contributed by atoms with Crippen molar-refractivity contribution in [1.82, 2.24) is 5.16 Å². The molecule has 2 rings (SSSR count). The lowest BCUT2D eigenvalue weighted by molar-refractivity contribution is 0.174. The Kier molecular flexibility index (Phi) is 1.16. The molecule has 0 bridgehead atoms. The third-order valence-electron chi connectivity index (χ3n) is 1.29. The van der Waals surface area contributed by atoms with E-state index >= 15 is 0 Å². The molecule has 10 heavy (non-hydrogen) atoms. The Morgan fingerprint density at radius 1 is 1.60 bits per heavy atom. The molecule has 1 aromatic heterocycles. The molecule has 1 aliphatic heterocycles. The minimum absolute atomic E-state index is 0.641. The SMILES string of the molecule is [c]1cc(C2=NOCC2)no1. The van der Waals surface area contributed by atoms with Gasteiger partial charge in [-0.2, -0.15) is 0 Å². The summed E-state index contributed by atoms with van der Waals surface area (Å²) in [4.78, 5) is 4.77. The molecule has 2 heterocycles. The van der Waals surface area contributed by atoms with Gasteiger partial charge in [-0.3, -0.25) is 0 Å². The van der Waals surface area contributed by atoms with Gasteiger partial charge in [-0.1, -0.05) is 10.3 Å². The van der Waals surface area contributed by atoms with Gasteiger partial charge in [0.05, 0.1) is 0 Å². The number of hydrogen-bond donors (Lipinski definition) is 0. The van der Waals surface area contributed by atoms with Crippen LogP contribution in [0.3, 0.4) is 0 Å². The van der Waals surface area contributed by atoms with Crippen LogP contribution in [0.25, 0.3) is 0 Å². The zero-order valence-electron chi connectivity index (χ0n) is 5.20. The number of hydrogen-bond acceptors (Lipinski definition) is 4. The van der Waals surface area contributed by atoms with Crippen LogP contribution in [0.4, 0.5) is 0 Å². The predicted octanol–water partition coefficient (Wildman–Crippen LogP) is 0.599. The molecule has 4 nitrogen and oxygen atoms in total. The van der Waals surface area contributed by atoms with E-state index < -0.39 is 0 Å². The summed E-state index contributed by atoms with van der Waals surface area (Å²) in [6, 6.07) is 1.65. The second-order valence-electron chi connectivity index (χ2n) is 1.95. The monoisotopic (exact) mass is 137 g/mol. The van der Waals surface area contributed by atoms with Gasteiger partial charge in [0, 0.05) is 12.5 Å². The van der Waals surface area contributed by atoms with Gasteiger partial charge in [-0.05, 0) is 0 Å². The standard InChI is InChI=1S/C6H5N2O2/c1-3-9-7-5(1)6-2-4-10-8-6/h1H,2,4H2. The summed E-state index contributed by atoms with van der Waals surface area (Å²) in [5.74, 6) is 0. The van der Waals surface area contributed by atoms with E-state index in [4.69, 9.17) is 4.84 Å². The summed E-state index contributed by atoms with van der Waals surface area (Å²) < 4.78 is 4.52. The lowest BCUT2D eigenvalue weighted by atomic mass is 10.2. The summed E-state index contributed by atoms with van der Waals surface area (Å²) in [7, 11) is 0. The summed E-state index contributed by atoms with van der Waals surface area (Å²) >= 11 is 0. The Balaban J connectivity index is 2.28. The normalized spacial score (nSPS) is 16.6. The van der Waals surface area contributed by atoms with Crippen LogP contribution >= 0.6 is 0 Å². The van der Waals surface area contributed by atoms with Gasteiger partial charge in [0.15, 0.2) is 0 Å². The van der Waals surface area contributed by atoms with Gasteiger partial charge < -0.3 is 9.36 Å². The Labute approximate surface area is 57.4 Å². The van der Waals surface area contributed by atoms with Crippen LogP contribution in [0.5, 0.6) is 0 Å². The van der Waals surface area contributed by atoms with Crippen molar-refractivity contribution in [3.05, 3.63) is 18.0 Å². The molecule has 51 valence electrons. The quantitative estimate of drug-likeness (QED) is 0.569. The van der Waals surface area contributed by atoms with Crippen molar-refractivity contribution in [3.8, 4) is 0 Å². The second kappa shape index (κ2) is 2.13. The number of aromatic nitrogens is 1. The minimum atomic E-state index is 0.641. The Hall–Kier alpha value is -1.32. The Bertz CT molecular complexity index is 240. The van der Waals surface area contributed by atoms with Crippen LogP contribution in [0.2, 0.25) is 0 Å². The van der Waals surface area contributed by atoms with Gasteiger partial charge in [0.1, 0.15) is 18.0 Å². The molecule has 1 aromatic rings. The van der Waals surface area contributed by atoms with Gasteiger partial charge in [-0.25, -0.2) is 0 Å². The third-order valence-corrected chi connectivity index (χ3v) is 1.29. The largest absolute Gasteiger partial charge is 0.395 e. The van der Waals surface area contributed by atoms with E-state index in [9.17, 15) is 0 Å². The first-order valence-corrected chi connectivity index (χ1v) is 2.99. The highest BCUT2D eigenvalue weighted by Gasteiger charge is 2.12. The van der Waals surface area contributed by atoms with Crippen LogP contribution in [-0.4, -0.2) is 17.5 Å². The van der Waals surface area contributed by atoms with Crippen LogP contribution < -0.4 is 0 Å². The minimum Gasteiger partial charge on any atom is -0.395 e. The number of rotatable bonds is 1. The van der Waals surface area contributed by atoms with Crippen LogP contribution in [0, 0.1) is 6.26 Å². The fourth-order valence-corrected chi connectivity index (χ4v) is 0.806. The maximum absolute atomic E-state index is 4.77. The number of nitrogens with zero attached hydrogens (tertiary/aromatic N) is 2. The van der Waals surface area contributed by atoms with Crippen LogP contribution in [0.1, 0.15) is 12.1 Å². The van der Waals surface area contributed by atoms with Crippen molar-refractivity contribution in [3.63, 3.8) is 0 Å². The first-order chi connectivity index (χ1) is 4.97. The first kappa shape index (κ1) is 5.46. The molecule has 0 unspecified atom stereocenters. The van der Waals surface area contributed by atoms with Gasteiger partial charge >= 0.3 is 0 Å². The maximum Gasteiger partial charge on any atom is 0.205 e. The van der Waals surface area contributed by atoms with E-state index in [-0.39, 0.29) is 0 Å². The van der Waals surface area contributed by atoms with Crippen molar-refractivity contribution in [1.29, 1.82) is 0 Å². The van der Waals surface area contributed by atoms with E-state index in [1.165, 1.54) is 0 Å². The van der Waals surface area contributed by atoms with Gasteiger partial charge in [0.2, 0.25) is 6.26 Å². The van der Waals surface area contributed by atoms with Crippen molar-refractivity contribution in [2.24, 2.45) is 5.16 Å². The molecule has 1 aliphatic rings. The van der Waals surface area contributed by atoms with Crippen molar-refractivity contribution >= 4 is 5.71 Å². The highest BCUT2D eigenvalue weighted by Crippen LogP contribution is 2.07. The fraction of sp³-hybridized carbons (Fsp3) is 0.333. The topological polar surface area (TPSA) is 47.6 Å². The molecule has 0 N–H and O–H groups in total. The highest BCUT2D eigenvalue weighted by atomic mass is 16.6. The molecule has 0 saturated carbocycles. The van der Waals surface area contributed by atoms with Crippen molar-refractivity contribution in [2.45, 2.75) is 6.42 Å². The molecule has 0 aromatic carbocycles. The van der Waals surface area contributed by atoms with Crippen LogP contribution in [0.15, 0.2) is 15.7 Å². The molecule has 0 aliphatic carbocycles. The molecule has 1 radical (unpaired) electrons. The number of oxime groups is 1. The lowest BCUT2D eigenvalue weighted by Crippen LogP contribution is -1.96. The van der Waals surface area contributed by atoms with Crippen LogP contribution in [-0.2, 0) is 4.84 Å². The van der Waals surface area contributed by atoms with Gasteiger partial charge in [0.25, 0.3) is 0 Å². The predicted molar refractivity (Wildman–Crippen MR) is 32.4 cm³/mol. The van der Waals surface area contributed by atoms with Crippen molar-refractivity contribution in [2.75, 3.05) is 6.61 Å². The summed E-state index contributed by atoms with van der Waals surface area (Å²) in [6.45, 7) is 0.641.